The molecule has 1 aliphatic carbocycles. The van der Waals surface area contributed by atoms with Crippen LogP contribution in [0.1, 0.15) is 20.8 Å². The van der Waals surface area contributed by atoms with Crippen molar-refractivity contribution in [1.82, 2.24) is 0 Å². The first-order valence-electron chi connectivity index (χ1n) is 4.10. The first kappa shape index (κ1) is 8.98. The monoisotopic (exact) mass is 162 g/mol. The van der Waals surface area contributed by atoms with Crippen molar-refractivity contribution < 1.29 is 4.79 Å². The zero-order valence-corrected chi connectivity index (χ0v) is 7.79. The number of carbonyl (C=O) groups is 1. The molecule has 0 saturated carbocycles. The quantitative estimate of drug-likeness (QED) is 0.535. The van der Waals surface area contributed by atoms with Gasteiger partial charge < -0.3 is 0 Å². The Morgan fingerprint density at radius 2 is 1.58 bits per heavy atom. The Kier molecular flexibility index (Phi) is 2.32. The number of hydrogen-bond donors (Lipinski definition) is 0. The minimum Gasteiger partial charge on any atom is -0.290 e. The summed E-state index contributed by atoms with van der Waals surface area (Å²) in [7, 11) is 0. The Morgan fingerprint density at radius 1 is 1.08 bits per heavy atom. The first-order chi connectivity index (χ1) is 5.47. The topological polar surface area (TPSA) is 17.1 Å². The van der Waals surface area contributed by atoms with Gasteiger partial charge in [0.25, 0.3) is 0 Å². The first-order valence-corrected chi connectivity index (χ1v) is 4.10. The maximum atomic E-state index is 10.8. The largest absolute Gasteiger partial charge is 0.290 e. The van der Waals surface area contributed by atoms with Crippen molar-refractivity contribution in [3.8, 4) is 0 Å². The summed E-state index contributed by atoms with van der Waals surface area (Å²) in [4.78, 5) is 10.8. The Bertz CT molecular complexity index is 254. The molecule has 0 radical (unpaired) electrons. The minimum atomic E-state index is 0.0704. The lowest BCUT2D eigenvalue weighted by molar-refractivity contribution is -0.110. The van der Waals surface area contributed by atoms with E-state index < -0.39 is 0 Å². The summed E-state index contributed by atoms with van der Waals surface area (Å²) >= 11 is 0. The van der Waals surface area contributed by atoms with Crippen LogP contribution in [-0.4, -0.2) is 5.78 Å². The van der Waals surface area contributed by atoms with E-state index in [1.807, 2.05) is 12.2 Å². The molecule has 0 aromatic heterocycles. The van der Waals surface area contributed by atoms with Crippen LogP contribution >= 0.6 is 0 Å². The summed E-state index contributed by atoms with van der Waals surface area (Å²) in [5.74, 6) is 0.0704. The molecule has 0 bridgehead atoms. The molecule has 0 spiro atoms. The molecule has 64 valence electrons. The predicted molar refractivity (Wildman–Crippen MR) is 50.8 cm³/mol. The molecule has 0 heterocycles. The standard InChI is InChI=1S/C11H14O/c1-11(2,3)8-9-4-6-10(12)7-5-9/h4-8H,1-3H3. The van der Waals surface area contributed by atoms with Gasteiger partial charge in [-0.25, -0.2) is 0 Å². The van der Waals surface area contributed by atoms with Gasteiger partial charge in [-0.2, -0.15) is 0 Å². The van der Waals surface area contributed by atoms with Gasteiger partial charge in [0, 0.05) is 0 Å². The molecule has 1 nitrogen and oxygen atoms in total. The Morgan fingerprint density at radius 3 is 2.00 bits per heavy atom. The van der Waals surface area contributed by atoms with Gasteiger partial charge in [-0.05, 0) is 23.1 Å². The van der Waals surface area contributed by atoms with Gasteiger partial charge >= 0.3 is 0 Å². The van der Waals surface area contributed by atoms with Crippen molar-refractivity contribution in [3.05, 3.63) is 36.0 Å². The molecule has 1 aliphatic rings. The molecule has 0 atom stereocenters. The fourth-order valence-corrected chi connectivity index (χ4v) is 1.06. The average molecular weight is 162 g/mol. The summed E-state index contributed by atoms with van der Waals surface area (Å²) in [6.45, 7) is 6.41. The summed E-state index contributed by atoms with van der Waals surface area (Å²) in [5.41, 5.74) is 1.28. The van der Waals surface area contributed by atoms with Gasteiger partial charge in [-0.3, -0.25) is 4.79 Å². The molecule has 0 saturated heterocycles. The number of rotatable bonds is 0. The second kappa shape index (κ2) is 3.10. The van der Waals surface area contributed by atoms with Crippen LogP contribution in [0.15, 0.2) is 36.0 Å². The van der Waals surface area contributed by atoms with E-state index >= 15 is 0 Å². The smallest absolute Gasteiger partial charge is 0.178 e. The second-order valence-electron chi connectivity index (χ2n) is 4.08. The van der Waals surface area contributed by atoms with Gasteiger partial charge in [0.05, 0.1) is 0 Å². The molecule has 1 heteroatoms. The molecule has 0 aliphatic heterocycles. The summed E-state index contributed by atoms with van der Waals surface area (Å²) in [6, 6.07) is 0. The fraction of sp³-hybridized carbons (Fsp3) is 0.364. The van der Waals surface area contributed by atoms with E-state index in [1.165, 1.54) is 0 Å². The normalized spacial score (nSPS) is 16.9. The number of hydrogen-bond acceptors (Lipinski definition) is 1. The van der Waals surface area contributed by atoms with Crippen LogP contribution in [0.5, 0.6) is 0 Å². The fourth-order valence-electron chi connectivity index (χ4n) is 1.06. The molecule has 0 aromatic carbocycles. The van der Waals surface area contributed by atoms with Gasteiger partial charge in [0.1, 0.15) is 0 Å². The van der Waals surface area contributed by atoms with Crippen LogP contribution in [0.3, 0.4) is 0 Å². The third kappa shape index (κ3) is 2.87. The van der Waals surface area contributed by atoms with Crippen LogP contribution in [0.4, 0.5) is 0 Å². The molecule has 0 unspecified atom stereocenters. The average Bonchev–Trinajstić information content (AvgIpc) is 1.91. The highest BCUT2D eigenvalue weighted by molar-refractivity contribution is 6.01. The molecule has 0 N–H and O–H groups in total. The lowest BCUT2D eigenvalue weighted by atomic mass is 9.92. The van der Waals surface area contributed by atoms with Crippen molar-refractivity contribution in [3.63, 3.8) is 0 Å². The summed E-state index contributed by atoms with van der Waals surface area (Å²) < 4.78 is 0. The van der Waals surface area contributed by atoms with Crippen LogP contribution < -0.4 is 0 Å². The van der Waals surface area contributed by atoms with Crippen molar-refractivity contribution in [1.29, 1.82) is 0 Å². The van der Waals surface area contributed by atoms with Crippen molar-refractivity contribution >= 4 is 5.78 Å². The van der Waals surface area contributed by atoms with E-state index in [4.69, 9.17) is 0 Å². The lowest BCUT2D eigenvalue weighted by Gasteiger charge is -2.13. The van der Waals surface area contributed by atoms with Gasteiger partial charge in [0.15, 0.2) is 5.78 Å². The zero-order chi connectivity index (χ0) is 9.19. The highest BCUT2D eigenvalue weighted by Gasteiger charge is 2.07. The van der Waals surface area contributed by atoms with E-state index in [1.54, 1.807) is 12.2 Å². The van der Waals surface area contributed by atoms with Crippen molar-refractivity contribution in [2.75, 3.05) is 0 Å². The number of allylic oxidation sites excluding steroid dienone is 6. The summed E-state index contributed by atoms with van der Waals surface area (Å²) in [5, 5.41) is 0. The molecular weight excluding hydrogens is 148 g/mol. The molecule has 12 heavy (non-hydrogen) atoms. The maximum absolute atomic E-state index is 10.8. The van der Waals surface area contributed by atoms with E-state index in [0.29, 0.717) is 0 Å². The highest BCUT2D eigenvalue weighted by Crippen LogP contribution is 2.19. The molecule has 0 aromatic rings. The highest BCUT2D eigenvalue weighted by atomic mass is 16.1. The number of carbonyl (C=O) groups excluding carboxylic acids is 1. The van der Waals surface area contributed by atoms with Crippen molar-refractivity contribution in [2.24, 2.45) is 5.41 Å². The van der Waals surface area contributed by atoms with Gasteiger partial charge in [-0.15, -0.1) is 0 Å². The van der Waals surface area contributed by atoms with E-state index in [0.717, 1.165) is 5.57 Å². The Labute approximate surface area is 73.5 Å². The van der Waals surface area contributed by atoms with E-state index in [9.17, 15) is 4.79 Å². The van der Waals surface area contributed by atoms with Crippen LogP contribution in [-0.2, 0) is 4.79 Å². The molecule has 1 rings (SSSR count). The molecular formula is C11H14O. The third-order valence-electron chi connectivity index (χ3n) is 1.48. The maximum Gasteiger partial charge on any atom is 0.178 e. The zero-order valence-electron chi connectivity index (χ0n) is 7.79. The van der Waals surface area contributed by atoms with Gasteiger partial charge in [0.2, 0.25) is 0 Å². The van der Waals surface area contributed by atoms with Crippen LogP contribution in [0.2, 0.25) is 0 Å². The van der Waals surface area contributed by atoms with Crippen LogP contribution in [0.25, 0.3) is 0 Å². The van der Waals surface area contributed by atoms with Crippen LogP contribution in [0, 0.1) is 5.41 Å². The Balaban J connectivity index is 2.81. The number of ketones is 1. The third-order valence-corrected chi connectivity index (χ3v) is 1.48. The lowest BCUT2D eigenvalue weighted by Crippen LogP contribution is -2.01. The second-order valence-corrected chi connectivity index (χ2v) is 4.08. The summed E-state index contributed by atoms with van der Waals surface area (Å²) in [6.07, 6.45) is 9.04. The molecule has 0 fully saturated rings. The van der Waals surface area contributed by atoms with E-state index in [2.05, 4.69) is 26.8 Å². The SMILES string of the molecule is CC(C)(C)C=C1C=CC(=O)C=C1. The van der Waals surface area contributed by atoms with Crippen molar-refractivity contribution in [2.45, 2.75) is 20.8 Å². The predicted octanol–water partition coefficient (Wildman–Crippen LogP) is 2.65. The molecule has 0 amide bonds. The van der Waals surface area contributed by atoms with Gasteiger partial charge in [-0.1, -0.05) is 39.0 Å². The minimum absolute atomic E-state index is 0.0704. The Hall–Kier alpha value is -1.11. The van der Waals surface area contributed by atoms with E-state index in [-0.39, 0.29) is 11.2 Å².